The van der Waals surface area contributed by atoms with E-state index in [-0.39, 0.29) is 109 Å². The maximum atomic E-state index is 12.3. The number of carboxylic acid groups (broad SMARTS) is 2. The first-order valence-electron chi connectivity index (χ1n) is 14.2. The zero-order valence-corrected chi connectivity index (χ0v) is 31.2. The van der Waals surface area contributed by atoms with Crippen molar-refractivity contribution in [3.05, 3.63) is 65.3 Å². The molecule has 240 valence electrons. The number of phenolic OH excluding ortho intramolecular Hbond substituents is 1. The molecule has 17 heteroatoms. The van der Waals surface area contributed by atoms with Crippen molar-refractivity contribution in [2.24, 2.45) is 9.98 Å². The number of rotatable bonds is 16. The van der Waals surface area contributed by atoms with Gasteiger partial charge in [-0.1, -0.05) is 20.8 Å². The number of nitrogens with zero attached hydrogens (tertiary/aromatic N) is 4. The van der Waals surface area contributed by atoms with Gasteiger partial charge in [0.25, 0.3) is 0 Å². The molecule has 0 saturated heterocycles. The van der Waals surface area contributed by atoms with Crippen molar-refractivity contribution in [2.75, 3.05) is 13.1 Å². The first-order valence-corrected chi connectivity index (χ1v) is 14.2. The number of imidazole rings is 2. The van der Waals surface area contributed by atoms with Crippen molar-refractivity contribution in [1.29, 1.82) is 0 Å². The Morgan fingerprint density at radius 2 is 1.23 bits per heavy atom. The molecule has 2 atom stereocenters. The van der Waals surface area contributed by atoms with Crippen LogP contribution in [0.15, 0.2) is 47.2 Å². The molecule has 0 saturated carbocycles. The Morgan fingerprint density at radius 1 is 0.830 bits per heavy atom. The fourth-order valence-electron chi connectivity index (χ4n) is 4.12. The summed E-state index contributed by atoms with van der Waals surface area (Å²) >= 11 is 0. The van der Waals surface area contributed by atoms with Crippen molar-refractivity contribution in [1.82, 2.24) is 30.6 Å². The summed E-state index contributed by atoms with van der Waals surface area (Å²) in [6.45, 7) is 6.03. The van der Waals surface area contributed by atoms with Crippen LogP contribution in [0.25, 0.3) is 0 Å². The monoisotopic (exact) mass is 666 g/mol. The van der Waals surface area contributed by atoms with Crippen molar-refractivity contribution < 1.29 is 93.6 Å². The summed E-state index contributed by atoms with van der Waals surface area (Å²) in [5, 5.41) is 38.6. The molecule has 15 nitrogen and oxygen atoms in total. The molecule has 0 fully saturated rings. The molecule has 1 aromatic carbocycles. The molecule has 0 spiro atoms. The van der Waals surface area contributed by atoms with Crippen LogP contribution in [0.4, 0.5) is 0 Å². The van der Waals surface area contributed by atoms with Gasteiger partial charge in [-0.25, -0.2) is 9.97 Å². The number of amides is 2. The van der Waals surface area contributed by atoms with Gasteiger partial charge in [-0.05, 0) is 23.1 Å². The maximum absolute atomic E-state index is 12.3. The number of aromatic amines is 2. The van der Waals surface area contributed by atoms with Crippen LogP contribution in [-0.4, -0.2) is 86.4 Å². The second-order valence-electron chi connectivity index (χ2n) is 11.3. The van der Waals surface area contributed by atoms with Gasteiger partial charge in [0.05, 0.1) is 36.7 Å². The molecule has 47 heavy (non-hydrogen) atoms. The van der Waals surface area contributed by atoms with E-state index >= 15 is 0 Å². The number of carbonyl (C=O) groups excluding carboxylic acids is 4. The standard InChI is InChI=1S/C30H38N8O7.2Na/c1-30(2,3)20-8-18(12-31-6-4-25(39)37-23(28(42)43)10-21-14-33-16-35-21)27(41)19(9-20)13-32-7-5-26(40)38-24(29(44)45)11-22-15-34-17-36-22;;/h8-9,12-17,23-24,41H,4-7,10-11H2,1-3H3,(H,33,35)(H,34,36)(H,37,39)(H,38,40)(H,42,43)(H,44,45);;/q;2*+1/p-2/t23-,24-;;/m0../s1. The number of aromatic nitrogens is 4. The van der Waals surface area contributed by atoms with Gasteiger partial charge in [-0.2, -0.15) is 0 Å². The minimum atomic E-state index is -1.42. The molecule has 0 aliphatic rings. The molecule has 2 aromatic heterocycles. The summed E-state index contributed by atoms with van der Waals surface area (Å²) in [6, 6.07) is 1.06. The zero-order valence-electron chi connectivity index (χ0n) is 27.2. The van der Waals surface area contributed by atoms with Crippen molar-refractivity contribution in [3.63, 3.8) is 0 Å². The third-order valence-electron chi connectivity index (χ3n) is 6.63. The largest absolute Gasteiger partial charge is 1.00 e. The molecule has 2 amide bonds. The van der Waals surface area contributed by atoms with Gasteiger partial charge in [0.15, 0.2) is 0 Å². The fourth-order valence-corrected chi connectivity index (χ4v) is 4.12. The third kappa shape index (κ3) is 14.1. The number of nitrogens with one attached hydrogen (secondary N) is 4. The van der Waals surface area contributed by atoms with E-state index in [0.29, 0.717) is 22.5 Å². The minimum absolute atomic E-state index is 0. The molecule has 3 rings (SSSR count). The Kier molecular flexibility index (Phi) is 17.8. The summed E-state index contributed by atoms with van der Waals surface area (Å²) in [7, 11) is 0. The van der Waals surface area contributed by atoms with Crippen molar-refractivity contribution >= 4 is 36.2 Å². The van der Waals surface area contributed by atoms with E-state index in [0.717, 1.165) is 5.56 Å². The molecule has 0 bridgehead atoms. The number of phenols is 1. The zero-order chi connectivity index (χ0) is 33.0. The predicted molar refractivity (Wildman–Crippen MR) is 159 cm³/mol. The van der Waals surface area contributed by atoms with Crippen LogP contribution < -0.4 is 80.0 Å². The van der Waals surface area contributed by atoms with Gasteiger partial charge in [-0.3, -0.25) is 19.6 Å². The normalized spacial score (nSPS) is 12.6. The number of carboxylic acids is 2. The van der Waals surface area contributed by atoms with E-state index in [2.05, 4.69) is 40.6 Å². The van der Waals surface area contributed by atoms with Gasteiger partial charge in [-0.15, -0.1) is 0 Å². The second-order valence-corrected chi connectivity index (χ2v) is 11.3. The summed E-state index contributed by atoms with van der Waals surface area (Å²) in [5.74, 6) is -4.02. The summed E-state index contributed by atoms with van der Waals surface area (Å²) < 4.78 is 0. The van der Waals surface area contributed by atoms with Crippen LogP contribution in [0.2, 0.25) is 0 Å². The van der Waals surface area contributed by atoms with Gasteiger partial charge < -0.3 is 45.5 Å². The summed E-state index contributed by atoms with van der Waals surface area (Å²) in [5.41, 5.74) is 2.38. The SMILES string of the molecule is CC(C)(C)c1cc(C=NCCC(=O)N[C@@H](Cc2cnc[nH]2)C(=O)[O-])c(O)c(C=NCCC(=O)N[C@@H](Cc2cnc[nH]2)C(=O)[O-])c1.[Na+].[Na+]. The average Bonchev–Trinajstić information content (AvgIpc) is 3.68. The maximum Gasteiger partial charge on any atom is 1.00 e. The van der Waals surface area contributed by atoms with Crippen LogP contribution in [0, 0.1) is 0 Å². The smallest absolute Gasteiger partial charge is 0.548 e. The molecule has 0 unspecified atom stereocenters. The van der Waals surface area contributed by atoms with Crippen LogP contribution >= 0.6 is 0 Å². The number of aliphatic imine (C=N–C) groups is 2. The Balaban J connectivity index is 0.00000552. The molecule has 0 aliphatic heterocycles. The Bertz CT molecular complexity index is 1420. The number of benzene rings is 1. The van der Waals surface area contributed by atoms with Crippen LogP contribution in [0.3, 0.4) is 0 Å². The van der Waals surface area contributed by atoms with Gasteiger partial charge >= 0.3 is 59.1 Å². The molecular formula is C30H36N8Na2O7. The number of hydrogen-bond donors (Lipinski definition) is 5. The van der Waals surface area contributed by atoms with E-state index in [4.69, 9.17) is 0 Å². The van der Waals surface area contributed by atoms with Crippen molar-refractivity contribution in [2.45, 2.75) is 64.0 Å². The average molecular weight is 667 g/mol. The first-order chi connectivity index (χ1) is 21.3. The van der Waals surface area contributed by atoms with Crippen LogP contribution in [0.5, 0.6) is 5.75 Å². The topological polar surface area (TPSA) is 241 Å². The third-order valence-corrected chi connectivity index (χ3v) is 6.63. The molecule has 5 N–H and O–H groups in total. The first kappa shape index (κ1) is 41.7. The number of aromatic hydroxyl groups is 1. The fraction of sp³-hybridized carbons (Fsp3) is 0.400. The quantitative estimate of drug-likeness (QED) is 0.0720. The molecule has 3 aromatic rings. The number of carbonyl (C=O) groups is 4. The summed E-state index contributed by atoms with van der Waals surface area (Å²) in [6.07, 6.45) is 8.35. The van der Waals surface area contributed by atoms with Gasteiger partial charge in [0.2, 0.25) is 11.8 Å². The minimum Gasteiger partial charge on any atom is -0.548 e. The van der Waals surface area contributed by atoms with E-state index in [1.165, 1.54) is 37.5 Å². The van der Waals surface area contributed by atoms with Crippen LogP contribution in [0.1, 0.15) is 61.7 Å². The van der Waals surface area contributed by atoms with Crippen molar-refractivity contribution in [3.8, 4) is 5.75 Å². The predicted octanol–water partition coefficient (Wildman–Crippen LogP) is -7.28. The second kappa shape index (κ2) is 20.1. The number of H-pyrrole nitrogens is 2. The van der Waals surface area contributed by atoms with E-state index in [1.54, 1.807) is 12.1 Å². The molecular weight excluding hydrogens is 630 g/mol. The van der Waals surface area contributed by atoms with Gasteiger partial charge in [0, 0.05) is 86.1 Å². The molecule has 0 radical (unpaired) electrons. The molecule has 2 heterocycles. The van der Waals surface area contributed by atoms with Gasteiger partial charge in [0.1, 0.15) is 5.75 Å². The summed E-state index contributed by atoms with van der Waals surface area (Å²) in [4.78, 5) is 69.2. The van der Waals surface area contributed by atoms with E-state index in [9.17, 15) is 34.5 Å². The Hall–Kier alpha value is -3.34. The van der Waals surface area contributed by atoms with E-state index in [1.807, 2.05) is 20.8 Å². The van der Waals surface area contributed by atoms with Crippen LogP contribution in [-0.2, 0) is 37.4 Å². The number of hydrogen-bond acceptors (Lipinski definition) is 11. The Labute approximate surface area is 316 Å². The van der Waals surface area contributed by atoms with E-state index < -0.39 is 35.8 Å². The molecule has 0 aliphatic carbocycles. The number of aliphatic carboxylic acids is 2. The Morgan fingerprint density at radius 3 is 1.55 bits per heavy atom.